The molecule has 0 spiro atoms. The number of carbonyl (C=O) groups excluding carboxylic acids is 1. The number of halogens is 6. The van der Waals surface area contributed by atoms with Crippen molar-refractivity contribution in [2.75, 3.05) is 6.54 Å². The summed E-state index contributed by atoms with van der Waals surface area (Å²) in [5.41, 5.74) is 0. The van der Waals surface area contributed by atoms with Gasteiger partial charge >= 0.3 is 18.3 Å². The highest BCUT2D eigenvalue weighted by Crippen LogP contribution is 2.26. The van der Waals surface area contributed by atoms with Crippen LogP contribution < -0.4 is 10.6 Å². The molecular formula is C8H10F6N2O. The molecule has 0 unspecified atom stereocenters. The second kappa shape index (κ2) is 4.71. The minimum Gasteiger partial charge on any atom is -0.344 e. The van der Waals surface area contributed by atoms with Crippen LogP contribution in [-0.2, 0) is 4.79 Å². The van der Waals surface area contributed by atoms with Crippen LogP contribution in [0, 0.1) is 0 Å². The first kappa shape index (κ1) is 14.1. The Labute approximate surface area is 92.5 Å². The summed E-state index contributed by atoms with van der Waals surface area (Å²) in [5, 5.41) is 3.70. The van der Waals surface area contributed by atoms with E-state index in [0.29, 0.717) is 0 Å². The summed E-state index contributed by atoms with van der Waals surface area (Å²) >= 11 is 0. The highest BCUT2D eigenvalue weighted by molar-refractivity contribution is 5.81. The third-order valence-corrected chi connectivity index (χ3v) is 2.40. The van der Waals surface area contributed by atoms with E-state index in [9.17, 15) is 31.1 Å². The fourth-order valence-corrected chi connectivity index (χ4v) is 1.53. The third kappa shape index (κ3) is 4.06. The summed E-state index contributed by atoms with van der Waals surface area (Å²) in [6.45, 7) is -0.327. The summed E-state index contributed by atoms with van der Waals surface area (Å²) in [6.07, 6.45) is -9.93. The molecule has 2 N–H and O–H groups in total. The molecule has 1 heterocycles. The van der Waals surface area contributed by atoms with Crippen LogP contribution in [-0.4, -0.2) is 36.9 Å². The van der Waals surface area contributed by atoms with Crippen molar-refractivity contribution in [3.63, 3.8) is 0 Å². The highest BCUT2D eigenvalue weighted by atomic mass is 19.4. The predicted octanol–water partition coefficient (Wildman–Crippen LogP) is 1.35. The van der Waals surface area contributed by atoms with Crippen LogP contribution >= 0.6 is 0 Å². The summed E-state index contributed by atoms with van der Waals surface area (Å²) in [4.78, 5) is 10.5. The van der Waals surface area contributed by atoms with Crippen LogP contribution in [0.4, 0.5) is 26.3 Å². The average molecular weight is 264 g/mol. The third-order valence-electron chi connectivity index (χ3n) is 2.40. The fourth-order valence-electron chi connectivity index (χ4n) is 1.53. The maximum absolute atomic E-state index is 12.2. The van der Waals surface area contributed by atoms with Crippen molar-refractivity contribution >= 4 is 5.91 Å². The van der Waals surface area contributed by atoms with Gasteiger partial charge < -0.3 is 10.6 Å². The van der Waals surface area contributed by atoms with Crippen LogP contribution in [0.3, 0.4) is 0 Å². The van der Waals surface area contributed by atoms with Gasteiger partial charge in [-0.05, 0) is 12.8 Å². The van der Waals surface area contributed by atoms with Crippen molar-refractivity contribution in [1.82, 2.24) is 10.6 Å². The summed E-state index contributed by atoms with van der Waals surface area (Å²) < 4.78 is 72.1. The Morgan fingerprint density at radius 3 is 2.06 bits per heavy atom. The molecule has 0 radical (unpaired) electrons. The number of carbonyl (C=O) groups is 1. The molecule has 1 aliphatic heterocycles. The molecule has 3 nitrogen and oxygen atoms in total. The quantitative estimate of drug-likeness (QED) is 0.702. The lowest BCUT2D eigenvalue weighted by Gasteiger charge is -2.31. The maximum atomic E-state index is 12.2. The Hall–Kier alpha value is -0.990. The first-order valence-electron chi connectivity index (χ1n) is 4.78. The van der Waals surface area contributed by atoms with Crippen LogP contribution in [0.15, 0.2) is 0 Å². The normalized spacial score (nSPS) is 26.7. The zero-order chi connectivity index (χ0) is 13.3. The monoisotopic (exact) mass is 264 g/mol. The fraction of sp³-hybridized carbons (Fsp3) is 0.875. The maximum Gasteiger partial charge on any atom is 0.471 e. The van der Waals surface area contributed by atoms with E-state index < -0.39 is 30.3 Å². The van der Waals surface area contributed by atoms with Gasteiger partial charge in [-0.2, -0.15) is 26.3 Å². The van der Waals surface area contributed by atoms with Crippen molar-refractivity contribution in [2.45, 2.75) is 37.3 Å². The molecular weight excluding hydrogens is 254 g/mol. The second-order valence-electron chi connectivity index (χ2n) is 3.75. The zero-order valence-corrected chi connectivity index (χ0v) is 8.45. The molecule has 1 amide bonds. The van der Waals surface area contributed by atoms with E-state index in [2.05, 4.69) is 5.32 Å². The summed E-state index contributed by atoms with van der Waals surface area (Å²) in [5.74, 6) is -2.13. The molecule has 100 valence electrons. The molecule has 0 aromatic heterocycles. The van der Waals surface area contributed by atoms with Gasteiger partial charge in [-0.15, -0.1) is 0 Å². The Balaban J connectivity index is 2.41. The van der Waals surface area contributed by atoms with Crippen LogP contribution in [0.1, 0.15) is 12.8 Å². The molecule has 1 aliphatic rings. The van der Waals surface area contributed by atoms with Crippen LogP contribution in [0.25, 0.3) is 0 Å². The predicted molar refractivity (Wildman–Crippen MR) is 45.1 cm³/mol. The molecule has 1 fully saturated rings. The van der Waals surface area contributed by atoms with Crippen molar-refractivity contribution < 1.29 is 31.1 Å². The van der Waals surface area contributed by atoms with E-state index in [-0.39, 0.29) is 19.4 Å². The lowest BCUT2D eigenvalue weighted by atomic mass is 10.0. The van der Waals surface area contributed by atoms with Gasteiger partial charge in [0.25, 0.3) is 0 Å². The Bertz CT molecular complexity index is 279. The van der Waals surface area contributed by atoms with E-state index >= 15 is 0 Å². The zero-order valence-electron chi connectivity index (χ0n) is 8.45. The number of nitrogens with one attached hydrogen (secondary N) is 2. The topological polar surface area (TPSA) is 41.1 Å². The smallest absolute Gasteiger partial charge is 0.344 e. The Morgan fingerprint density at radius 1 is 1.12 bits per heavy atom. The minimum absolute atomic E-state index is 0.140. The van der Waals surface area contributed by atoms with Gasteiger partial charge in [0.1, 0.15) is 6.04 Å². The molecule has 0 aromatic carbocycles. The first-order valence-corrected chi connectivity index (χ1v) is 4.78. The molecule has 1 rings (SSSR count). The molecule has 17 heavy (non-hydrogen) atoms. The molecule has 0 bridgehead atoms. The van der Waals surface area contributed by atoms with E-state index in [1.165, 1.54) is 0 Å². The van der Waals surface area contributed by atoms with Gasteiger partial charge in [0.2, 0.25) is 0 Å². The van der Waals surface area contributed by atoms with Crippen molar-refractivity contribution in [1.29, 1.82) is 0 Å². The highest BCUT2D eigenvalue weighted by Gasteiger charge is 2.44. The Morgan fingerprint density at radius 2 is 1.71 bits per heavy atom. The van der Waals surface area contributed by atoms with Gasteiger partial charge in [0.15, 0.2) is 0 Å². The second-order valence-corrected chi connectivity index (χ2v) is 3.75. The Kier molecular flexibility index (Phi) is 3.90. The lowest BCUT2D eigenvalue weighted by Crippen LogP contribution is -2.55. The standard InChI is InChI=1S/C8H10F6N2O/c9-7(10,11)5-2-1-4(3-15-5)16-6(17)8(12,13)14/h4-5,15H,1-3H2,(H,16,17)/t4-,5+/m0/s1. The molecule has 1 saturated heterocycles. The lowest BCUT2D eigenvalue weighted by molar-refractivity contribution is -0.175. The van der Waals surface area contributed by atoms with E-state index in [4.69, 9.17) is 0 Å². The summed E-state index contributed by atoms with van der Waals surface area (Å²) in [7, 11) is 0. The molecule has 9 heteroatoms. The number of rotatable bonds is 1. The van der Waals surface area contributed by atoms with Crippen molar-refractivity contribution in [3.05, 3.63) is 0 Å². The minimum atomic E-state index is -5.01. The van der Waals surface area contributed by atoms with Gasteiger partial charge in [-0.3, -0.25) is 4.79 Å². The van der Waals surface area contributed by atoms with Gasteiger partial charge in [-0.25, -0.2) is 0 Å². The van der Waals surface area contributed by atoms with E-state index in [1.807, 2.05) is 0 Å². The number of piperidine rings is 1. The van der Waals surface area contributed by atoms with Crippen LogP contribution in [0.5, 0.6) is 0 Å². The van der Waals surface area contributed by atoms with E-state index in [0.717, 1.165) is 0 Å². The average Bonchev–Trinajstić information content (AvgIpc) is 2.15. The van der Waals surface area contributed by atoms with Crippen molar-refractivity contribution in [3.8, 4) is 0 Å². The molecule has 0 saturated carbocycles. The van der Waals surface area contributed by atoms with Gasteiger partial charge in [-0.1, -0.05) is 0 Å². The van der Waals surface area contributed by atoms with Gasteiger partial charge in [0, 0.05) is 12.6 Å². The molecule has 0 aromatic rings. The number of hydrogen-bond acceptors (Lipinski definition) is 2. The SMILES string of the molecule is O=C(N[C@H]1CC[C@H](C(F)(F)F)NC1)C(F)(F)F. The van der Waals surface area contributed by atoms with Gasteiger partial charge in [0.05, 0.1) is 0 Å². The van der Waals surface area contributed by atoms with Crippen molar-refractivity contribution in [2.24, 2.45) is 0 Å². The summed E-state index contributed by atoms with van der Waals surface area (Å²) in [6, 6.07) is -2.65. The number of alkyl halides is 6. The van der Waals surface area contributed by atoms with Crippen LogP contribution in [0.2, 0.25) is 0 Å². The molecule has 0 aliphatic carbocycles. The number of hydrogen-bond donors (Lipinski definition) is 2. The number of amides is 1. The van der Waals surface area contributed by atoms with E-state index in [1.54, 1.807) is 5.32 Å². The largest absolute Gasteiger partial charge is 0.471 e. The first-order chi connectivity index (χ1) is 7.60. The molecule has 2 atom stereocenters.